The van der Waals surface area contributed by atoms with Crippen LogP contribution in [0.2, 0.25) is 0 Å². The molecule has 150 valence electrons. The number of urea groups is 1. The molecule has 0 bridgehead atoms. The lowest BCUT2D eigenvalue weighted by Gasteiger charge is -2.30. The number of hydrogen-bond donors (Lipinski definition) is 2. The van der Waals surface area contributed by atoms with Gasteiger partial charge in [-0.1, -0.05) is 31.4 Å². The van der Waals surface area contributed by atoms with Gasteiger partial charge in [-0.2, -0.15) is 5.01 Å². The minimum atomic E-state index is -0.925. The number of imide groups is 1. The Morgan fingerprint density at radius 1 is 1.21 bits per heavy atom. The molecule has 1 aliphatic heterocycles. The number of nitrogens with one attached hydrogen (secondary N) is 2. The summed E-state index contributed by atoms with van der Waals surface area (Å²) in [5.74, 6) is -1.22. The summed E-state index contributed by atoms with van der Waals surface area (Å²) in [6, 6.07) is 6.26. The monoisotopic (exact) mass is 389 g/mol. The second-order valence-electron chi connectivity index (χ2n) is 6.94. The van der Waals surface area contributed by atoms with Gasteiger partial charge in [0.15, 0.2) is 6.61 Å². The van der Waals surface area contributed by atoms with Crippen LogP contribution in [-0.2, 0) is 25.5 Å². The Labute approximate surface area is 162 Å². The van der Waals surface area contributed by atoms with E-state index >= 15 is 0 Å². The molecule has 1 aliphatic carbocycles. The highest BCUT2D eigenvalue weighted by Gasteiger charge is 2.52. The van der Waals surface area contributed by atoms with Crippen molar-refractivity contribution in [3.8, 4) is 5.75 Å². The largest absolute Gasteiger partial charge is 0.497 e. The Hall–Kier alpha value is -3.10. The first-order chi connectivity index (χ1) is 13.4. The van der Waals surface area contributed by atoms with Crippen molar-refractivity contribution in [2.24, 2.45) is 0 Å². The fraction of sp³-hybridized carbons (Fsp3) is 0.474. The summed E-state index contributed by atoms with van der Waals surface area (Å²) in [6.07, 6.45) is 3.78. The first-order valence-electron chi connectivity index (χ1n) is 9.18. The van der Waals surface area contributed by atoms with Gasteiger partial charge in [-0.25, -0.2) is 4.79 Å². The average molecular weight is 389 g/mol. The van der Waals surface area contributed by atoms with Crippen LogP contribution >= 0.6 is 0 Å². The summed E-state index contributed by atoms with van der Waals surface area (Å²) in [6.45, 7) is -0.590. The zero-order valence-electron chi connectivity index (χ0n) is 15.7. The molecule has 1 aromatic carbocycles. The molecule has 3 rings (SSSR count). The molecule has 2 fully saturated rings. The Balaban J connectivity index is 1.49. The number of rotatable bonds is 6. The normalized spacial score (nSPS) is 18.0. The van der Waals surface area contributed by atoms with E-state index in [0.29, 0.717) is 29.2 Å². The number of methoxy groups -OCH3 is 1. The molecule has 9 nitrogen and oxygen atoms in total. The molecule has 9 heteroatoms. The van der Waals surface area contributed by atoms with Crippen LogP contribution in [-0.4, -0.2) is 48.1 Å². The van der Waals surface area contributed by atoms with Crippen molar-refractivity contribution >= 4 is 23.8 Å². The third-order valence-electron chi connectivity index (χ3n) is 4.95. The van der Waals surface area contributed by atoms with E-state index in [0.717, 1.165) is 19.3 Å². The highest BCUT2D eigenvalue weighted by molar-refractivity contribution is 6.08. The Morgan fingerprint density at radius 3 is 2.68 bits per heavy atom. The molecule has 0 aromatic heterocycles. The van der Waals surface area contributed by atoms with Crippen molar-refractivity contribution in [1.29, 1.82) is 0 Å². The number of ether oxygens (including phenoxy) is 2. The van der Waals surface area contributed by atoms with Gasteiger partial charge < -0.3 is 14.8 Å². The second-order valence-corrected chi connectivity index (χ2v) is 6.94. The van der Waals surface area contributed by atoms with E-state index < -0.39 is 36.0 Å². The van der Waals surface area contributed by atoms with Crippen LogP contribution in [0.5, 0.6) is 5.75 Å². The molecule has 2 aliphatic rings. The Kier molecular flexibility index (Phi) is 5.81. The predicted octanol–water partition coefficient (Wildman–Crippen LogP) is 1.07. The van der Waals surface area contributed by atoms with Gasteiger partial charge in [-0.05, 0) is 30.5 Å². The highest BCUT2D eigenvalue weighted by atomic mass is 16.5. The molecule has 2 N–H and O–H groups in total. The van der Waals surface area contributed by atoms with E-state index in [-0.39, 0.29) is 6.42 Å². The molecular weight excluding hydrogens is 366 g/mol. The van der Waals surface area contributed by atoms with Gasteiger partial charge in [-0.15, -0.1) is 0 Å². The van der Waals surface area contributed by atoms with E-state index in [4.69, 9.17) is 9.47 Å². The molecular formula is C19H23N3O6. The van der Waals surface area contributed by atoms with Crippen molar-refractivity contribution in [1.82, 2.24) is 15.8 Å². The maximum atomic E-state index is 12.6. The maximum absolute atomic E-state index is 12.6. The molecule has 1 saturated heterocycles. The SMILES string of the molecule is COc1cccc(CC(=O)OCC(=O)NN2C(=O)NC3(CCCCC3)C2=O)c1. The van der Waals surface area contributed by atoms with Crippen LogP contribution in [0.15, 0.2) is 24.3 Å². The zero-order chi connectivity index (χ0) is 20.1. The predicted molar refractivity (Wildman–Crippen MR) is 97.0 cm³/mol. The van der Waals surface area contributed by atoms with Crippen LogP contribution in [0.3, 0.4) is 0 Å². The molecule has 4 amide bonds. The van der Waals surface area contributed by atoms with E-state index in [9.17, 15) is 19.2 Å². The van der Waals surface area contributed by atoms with Gasteiger partial charge in [0, 0.05) is 0 Å². The molecule has 1 spiro atoms. The number of carbonyl (C=O) groups excluding carboxylic acids is 4. The minimum Gasteiger partial charge on any atom is -0.497 e. The third kappa shape index (κ3) is 4.24. The average Bonchev–Trinajstić information content (AvgIpc) is 2.91. The summed E-state index contributed by atoms with van der Waals surface area (Å²) in [5, 5.41) is 3.37. The van der Waals surface area contributed by atoms with E-state index in [2.05, 4.69) is 10.7 Å². The fourth-order valence-corrected chi connectivity index (χ4v) is 3.52. The van der Waals surface area contributed by atoms with Crippen molar-refractivity contribution in [3.63, 3.8) is 0 Å². The third-order valence-corrected chi connectivity index (χ3v) is 4.95. The van der Waals surface area contributed by atoms with Gasteiger partial charge in [0.2, 0.25) is 0 Å². The van der Waals surface area contributed by atoms with Gasteiger partial charge >= 0.3 is 12.0 Å². The summed E-state index contributed by atoms with van der Waals surface area (Å²) in [7, 11) is 1.52. The number of nitrogens with zero attached hydrogens (tertiary/aromatic N) is 1. The lowest BCUT2D eigenvalue weighted by Crippen LogP contribution is -2.51. The highest BCUT2D eigenvalue weighted by Crippen LogP contribution is 2.32. The molecule has 1 aromatic rings. The summed E-state index contributed by atoms with van der Waals surface area (Å²) in [5.41, 5.74) is 1.98. The van der Waals surface area contributed by atoms with Crippen molar-refractivity contribution in [2.45, 2.75) is 44.1 Å². The Morgan fingerprint density at radius 2 is 1.96 bits per heavy atom. The minimum absolute atomic E-state index is 0.0310. The van der Waals surface area contributed by atoms with E-state index in [1.807, 2.05) is 0 Å². The first-order valence-corrected chi connectivity index (χ1v) is 9.18. The zero-order valence-corrected chi connectivity index (χ0v) is 15.7. The first kappa shape index (κ1) is 19.7. The van der Waals surface area contributed by atoms with Crippen LogP contribution < -0.4 is 15.5 Å². The number of carbonyl (C=O) groups is 4. The van der Waals surface area contributed by atoms with E-state index in [1.165, 1.54) is 7.11 Å². The summed E-state index contributed by atoms with van der Waals surface area (Å²) >= 11 is 0. The van der Waals surface area contributed by atoms with Gasteiger partial charge in [0.1, 0.15) is 11.3 Å². The topological polar surface area (TPSA) is 114 Å². The molecule has 0 unspecified atom stereocenters. The van der Waals surface area contributed by atoms with Crippen molar-refractivity contribution in [3.05, 3.63) is 29.8 Å². The molecule has 1 heterocycles. The molecule has 0 atom stereocenters. The van der Waals surface area contributed by atoms with E-state index in [1.54, 1.807) is 24.3 Å². The van der Waals surface area contributed by atoms with Gasteiger partial charge in [0.25, 0.3) is 11.8 Å². The number of hydrazine groups is 1. The number of amides is 4. The van der Waals surface area contributed by atoms with Crippen LogP contribution in [0, 0.1) is 0 Å². The fourth-order valence-electron chi connectivity index (χ4n) is 3.52. The maximum Gasteiger partial charge on any atom is 0.344 e. The number of benzene rings is 1. The molecule has 0 radical (unpaired) electrons. The van der Waals surface area contributed by atoms with Crippen molar-refractivity contribution in [2.75, 3.05) is 13.7 Å². The molecule has 1 saturated carbocycles. The van der Waals surface area contributed by atoms with Crippen LogP contribution in [0.4, 0.5) is 4.79 Å². The molecule has 28 heavy (non-hydrogen) atoms. The lowest BCUT2D eigenvalue weighted by molar-refractivity contribution is -0.150. The quantitative estimate of drug-likeness (QED) is 0.556. The number of esters is 1. The van der Waals surface area contributed by atoms with Gasteiger partial charge in [-0.3, -0.25) is 19.8 Å². The Bertz CT molecular complexity index is 788. The smallest absolute Gasteiger partial charge is 0.344 e. The summed E-state index contributed by atoms with van der Waals surface area (Å²) < 4.78 is 10.0. The van der Waals surface area contributed by atoms with Gasteiger partial charge in [0.05, 0.1) is 13.5 Å². The van der Waals surface area contributed by atoms with Crippen LogP contribution in [0.25, 0.3) is 0 Å². The lowest BCUT2D eigenvalue weighted by atomic mass is 9.82. The summed E-state index contributed by atoms with van der Waals surface area (Å²) in [4.78, 5) is 48.6. The standard InChI is InChI=1S/C19H23N3O6/c1-27-14-7-5-6-13(10-14)11-16(24)28-12-15(23)21-22-17(25)19(20-18(22)26)8-3-2-4-9-19/h5-7,10H,2-4,8-9,11-12H2,1H3,(H,20,26)(H,21,23). The second kappa shape index (κ2) is 8.28. The number of hydrogen-bond acceptors (Lipinski definition) is 6. The van der Waals surface area contributed by atoms with Crippen LogP contribution in [0.1, 0.15) is 37.7 Å². The van der Waals surface area contributed by atoms with Crippen molar-refractivity contribution < 1.29 is 28.7 Å².